The van der Waals surface area contributed by atoms with Crippen LogP contribution in [0.25, 0.3) is 22.5 Å². The standard InChI is InChI=1S/C24H19ClFN3O3/c25-19-4-2-13(11-20(19)26)21-12-18(23(27)30)17-10-15-9-14(1-3-16(15)22(17)28-21)24(31)29-5-7-32-8-6-29/h1-4,9,11-12H,5-8,10H2,(H2,27,30). The minimum Gasteiger partial charge on any atom is -0.378 e. The van der Waals surface area contributed by atoms with Gasteiger partial charge >= 0.3 is 0 Å². The van der Waals surface area contributed by atoms with Crippen molar-refractivity contribution in [2.45, 2.75) is 6.42 Å². The van der Waals surface area contributed by atoms with Crippen molar-refractivity contribution in [2.24, 2.45) is 5.73 Å². The molecule has 0 atom stereocenters. The largest absolute Gasteiger partial charge is 0.378 e. The highest BCUT2D eigenvalue weighted by atomic mass is 35.5. The Hall–Kier alpha value is -3.29. The van der Waals surface area contributed by atoms with E-state index in [1.807, 2.05) is 12.1 Å². The summed E-state index contributed by atoms with van der Waals surface area (Å²) in [5.74, 6) is -1.21. The number of amides is 2. The van der Waals surface area contributed by atoms with Crippen molar-refractivity contribution < 1.29 is 18.7 Å². The number of nitrogens with two attached hydrogens (primary N) is 1. The second kappa shape index (κ2) is 8.00. The third-order valence-electron chi connectivity index (χ3n) is 5.88. The lowest BCUT2D eigenvalue weighted by Gasteiger charge is -2.27. The molecule has 0 unspecified atom stereocenters. The Morgan fingerprint density at radius 2 is 1.88 bits per heavy atom. The number of carbonyl (C=O) groups excluding carboxylic acids is 2. The van der Waals surface area contributed by atoms with Crippen LogP contribution in [0.15, 0.2) is 42.5 Å². The second-order valence-corrected chi connectivity index (χ2v) is 8.24. The topological polar surface area (TPSA) is 85.5 Å². The summed E-state index contributed by atoms with van der Waals surface area (Å²) in [6.45, 7) is 2.18. The molecule has 6 nitrogen and oxygen atoms in total. The number of ether oxygens (including phenoxy) is 1. The van der Waals surface area contributed by atoms with E-state index in [0.717, 1.165) is 11.1 Å². The number of hydrogen-bond donors (Lipinski definition) is 1. The first kappa shape index (κ1) is 20.6. The molecule has 1 aliphatic heterocycles. The Morgan fingerprint density at radius 3 is 2.59 bits per heavy atom. The predicted molar refractivity (Wildman–Crippen MR) is 118 cm³/mol. The maximum atomic E-state index is 14.0. The molecule has 1 fully saturated rings. The highest BCUT2D eigenvalue weighted by Crippen LogP contribution is 2.39. The molecule has 2 amide bonds. The molecule has 1 saturated heterocycles. The molecule has 3 aromatic rings. The molecular formula is C24H19ClFN3O3. The van der Waals surface area contributed by atoms with Crippen LogP contribution < -0.4 is 5.73 Å². The van der Waals surface area contributed by atoms with Crippen LogP contribution in [-0.2, 0) is 11.2 Å². The van der Waals surface area contributed by atoms with Crippen molar-refractivity contribution >= 4 is 23.4 Å². The summed E-state index contributed by atoms with van der Waals surface area (Å²) >= 11 is 5.80. The number of carbonyl (C=O) groups is 2. The Balaban J connectivity index is 1.57. The zero-order chi connectivity index (χ0) is 22.4. The lowest BCUT2D eigenvalue weighted by atomic mass is 10.0. The van der Waals surface area contributed by atoms with Gasteiger partial charge in [0.15, 0.2) is 0 Å². The third kappa shape index (κ3) is 3.53. The Morgan fingerprint density at radius 1 is 1.09 bits per heavy atom. The lowest BCUT2D eigenvalue weighted by molar-refractivity contribution is 0.0303. The zero-order valence-electron chi connectivity index (χ0n) is 17.0. The summed E-state index contributed by atoms with van der Waals surface area (Å²) < 4.78 is 19.3. The molecule has 2 N–H and O–H groups in total. The monoisotopic (exact) mass is 451 g/mol. The number of rotatable bonds is 3. The third-order valence-corrected chi connectivity index (χ3v) is 6.18. The number of pyridine rings is 1. The van der Waals surface area contributed by atoms with E-state index in [1.54, 1.807) is 23.1 Å². The fourth-order valence-corrected chi connectivity index (χ4v) is 4.36. The van der Waals surface area contributed by atoms with Crippen LogP contribution in [0.4, 0.5) is 4.39 Å². The molecule has 2 aromatic carbocycles. The number of hydrogen-bond acceptors (Lipinski definition) is 4. The highest BCUT2D eigenvalue weighted by molar-refractivity contribution is 6.30. The smallest absolute Gasteiger partial charge is 0.254 e. The molecule has 5 rings (SSSR count). The van der Waals surface area contributed by atoms with Gasteiger partial charge < -0.3 is 15.4 Å². The van der Waals surface area contributed by atoms with Crippen LogP contribution in [0.1, 0.15) is 31.8 Å². The Bertz CT molecular complexity index is 1270. The molecule has 8 heteroatoms. The summed E-state index contributed by atoms with van der Waals surface area (Å²) in [7, 11) is 0. The van der Waals surface area contributed by atoms with E-state index in [-0.39, 0.29) is 10.9 Å². The van der Waals surface area contributed by atoms with Crippen LogP contribution >= 0.6 is 11.6 Å². The molecule has 0 spiro atoms. The van der Waals surface area contributed by atoms with E-state index in [9.17, 15) is 14.0 Å². The molecule has 0 saturated carbocycles. The van der Waals surface area contributed by atoms with Crippen LogP contribution in [0.3, 0.4) is 0 Å². The van der Waals surface area contributed by atoms with E-state index in [2.05, 4.69) is 0 Å². The van der Waals surface area contributed by atoms with Gasteiger partial charge in [-0.25, -0.2) is 9.37 Å². The van der Waals surface area contributed by atoms with E-state index in [0.29, 0.717) is 66.4 Å². The number of aromatic nitrogens is 1. The van der Waals surface area contributed by atoms with E-state index >= 15 is 0 Å². The van der Waals surface area contributed by atoms with Crippen molar-refractivity contribution in [1.29, 1.82) is 0 Å². The van der Waals surface area contributed by atoms with E-state index in [1.165, 1.54) is 12.1 Å². The minimum absolute atomic E-state index is 0.00726. The van der Waals surface area contributed by atoms with Gasteiger partial charge in [-0.3, -0.25) is 9.59 Å². The molecule has 0 bridgehead atoms. The quantitative estimate of drug-likeness (QED) is 0.515. The van der Waals surface area contributed by atoms with Crippen molar-refractivity contribution in [3.63, 3.8) is 0 Å². The number of nitrogens with zero attached hydrogens (tertiary/aromatic N) is 2. The van der Waals surface area contributed by atoms with E-state index < -0.39 is 11.7 Å². The lowest BCUT2D eigenvalue weighted by Crippen LogP contribution is -2.40. The van der Waals surface area contributed by atoms with Gasteiger partial charge in [0.1, 0.15) is 5.82 Å². The zero-order valence-corrected chi connectivity index (χ0v) is 17.8. The normalized spacial score (nSPS) is 14.8. The fourth-order valence-electron chi connectivity index (χ4n) is 4.24. The number of morpholine rings is 1. The van der Waals surface area contributed by atoms with Crippen LogP contribution in [0, 0.1) is 5.82 Å². The van der Waals surface area contributed by atoms with Gasteiger partial charge in [0, 0.05) is 41.8 Å². The molecule has 1 aliphatic carbocycles. The average molecular weight is 452 g/mol. The van der Waals surface area contributed by atoms with Crippen LogP contribution in [0.5, 0.6) is 0 Å². The second-order valence-electron chi connectivity index (χ2n) is 7.83. The van der Waals surface area contributed by atoms with Crippen molar-refractivity contribution in [3.05, 3.63) is 75.6 Å². The summed E-state index contributed by atoms with van der Waals surface area (Å²) in [5, 5.41) is 0.00726. The molecular weight excluding hydrogens is 433 g/mol. The minimum atomic E-state index is -0.586. The molecule has 162 valence electrons. The molecule has 1 aromatic heterocycles. The van der Waals surface area contributed by atoms with Gasteiger partial charge in [0.2, 0.25) is 5.91 Å². The van der Waals surface area contributed by atoms with Gasteiger partial charge in [-0.2, -0.15) is 0 Å². The SMILES string of the molecule is NC(=O)c1cc(-c2ccc(Cl)c(F)c2)nc2c1Cc1cc(C(=O)N3CCOCC3)ccc1-2. The Kier molecular flexibility index (Phi) is 5.15. The highest BCUT2D eigenvalue weighted by Gasteiger charge is 2.28. The molecule has 0 radical (unpaired) electrons. The van der Waals surface area contributed by atoms with Crippen molar-refractivity contribution in [1.82, 2.24) is 9.88 Å². The van der Waals surface area contributed by atoms with Crippen molar-refractivity contribution in [2.75, 3.05) is 26.3 Å². The Labute approximate surface area is 188 Å². The van der Waals surface area contributed by atoms with Crippen LogP contribution in [-0.4, -0.2) is 48.0 Å². The van der Waals surface area contributed by atoms with Crippen LogP contribution in [0.2, 0.25) is 5.02 Å². The summed E-state index contributed by atoms with van der Waals surface area (Å²) in [5.41, 5.74) is 10.5. The van der Waals surface area contributed by atoms with Gasteiger partial charge in [0.25, 0.3) is 5.91 Å². The molecule has 32 heavy (non-hydrogen) atoms. The summed E-state index contributed by atoms with van der Waals surface area (Å²) in [6, 6.07) is 11.4. The molecule has 2 heterocycles. The number of benzene rings is 2. The first-order chi connectivity index (χ1) is 15.4. The molecule has 2 aliphatic rings. The number of fused-ring (bicyclic) bond motifs is 3. The first-order valence-electron chi connectivity index (χ1n) is 10.2. The summed E-state index contributed by atoms with van der Waals surface area (Å²) in [6.07, 6.45) is 0.440. The maximum absolute atomic E-state index is 14.0. The van der Waals surface area contributed by atoms with Gasteiger partial charge in [-0.15, -0.1) is 0 Å². The number of halogens is 2. The fraction of sp³-hybridized carbons (Fsp3) is 0.208. The first-order valence-corrected chi connectivity index (χ1v) is 10.6. The number of primary amides is 1. The van der Waals surface area contributed by atoms with Crippen molar-refractivity contribution in [3.8, 4) is 22.5 Å². The predicted octanol–water partition coefficient (Wildman–Crippen LogP) is 3.68. The van der Waals surface area contributed by atoms with E-state index in [4.69, 9.17) is 27.1 Å². The van der Waals surface area contributed by atoms with Gasteiger partial charge in [-0.05, 0) is 41.5 Å². The maximum Gasteiger partial charge on any atom is 0.254 e. The summed E-state index contributed by atoms with van der Waals surface area (Å²) in [4.78, 5) is 31.6. The average Bonchev–Trinajstić information content (AvgIpc) is 3.18. The van der Waals surface area contributed by atoms with Gasteiger partial charge in [0.05, 0.1) is 29.6 Å². The van der Waals surface area contributed by atoms with Gasteiger partial charge in [-0.1, -0.05) is 23.7 Å².